The summed E-state index contributed by atoms with van der Waals surface area (Å²) < 4.78 is 0. The first-order valence-electron chi connectivity index (χ1n) is 7.51. The van der Waals surface area contributed by atoms with Gasteiger partial charge >= 0.3 is 12.0 Å². The van der Waals surface area contributed by atoms with Gasteiger partial charge in [-0.2, -0.15) is 0 Å². The number of nitrogens with zero attached hydrogens (tertiary/aromatic N) is 2. The molecule has 4 atom stereocenters. The number of piperidine rings is 1. The number of hydrogen-bond acceptors (Lipinski definition) is 3. The number of carbonyl (C=O) groups excluding carboxylic acids is 1. The maximum absolute atomic E-state index is 12.5. The van der Waals surface area contributed by atoms with Gasteiger partial charge in [-0.1, -0.05) is 0 Å². The molecule has 6 nitrogen and oxygen atoms in total. The molecule has 20 heavy (non-hydrogen) atoms. The highest BCUT2D eigenvalue weighted by molar-refractivity contribution is 5.77. The number of amides is 2. The normalized spacial score (nSPS) is 37.0. The van der Waals surface area contributed by atoms with Gasteiger partial charge in [-0.25, -0.2) is 4.79 Å². The van der Waals surface area contributed by atoms with E-state index in [1.54, 1.807) is 4.90 Å². The molecular formula is C14H22N2O4. The summed E-state index contributed by atoms with van der Waals surface area (Å²) in [7, 11) is 0. The molecule has 3 rings (SSSR count). The molecule has 1 aliphatic carbocycles. The van der Waals surface area contributed by atoms with Crippen LogP contribution >= 0.6 is 0 Å². The third kappa shape index (κ3) is 2.37. The monoisotopic (exact) mass is 282 g/mol. The molecule has 3 unspecified atom stereocenters. The lowest BCUT2D eigenvalue weighted by Crippen LogP contribution is -2.48. The van der Waals surface area contributed by atoms with Crippen LogP contribution in [-0.2, 0) is 4.79 Å². The Balaban J connectivity index is 1.61. The van der Waals surface area contributed by atoms with E-state index in [-0.39, 0.29) is 18.1 Å². The Kier molecular flexibility index (Phi) is 3.58. The SMILES string of the molecule is O=C(O)[C@H]1CCCN(C(=O)N2CC3CCC(O)C3C2)C1. The molecule has 112 valence electrons. The minimum absolute atomic E-state index is 0.0439. The van der Waals surface area contributed by atoms with Crippen LogP contribution in [0.25, 0.3) is 0 Å². The fraction of sp³-hybridized carbons (Fsp3) is 0.857. The number of fused-ring (bicyclic) bond motifs is 1. The summed E-state index contributed by atoms with van der Waals surface area (Å²) in [5.74, 6) is -0.593. The molecule has 2 saturated heterocycles. The molecule has 0 radical (unpaired) electrons. The molecule has 2 N–H and O–H groups in total. The highest BCUT2D eigenvalue weighted by atomic mass is 16.4. The number of aliphatic carboxylic acids is 1. The predicted octanol–water partition coefficient (Wildman–Crippen LogP) is 0.606. The zero-order valence-electron chi connectivity index (χ0n) is 11.6. The molecule has 0 spiro atoms. The van der Waals surface area contributed by atoms with Gasteiger partial charge in [-0.15, -0.1) is 0 Å². The minimum Gasteiger partial charge on any atom is -0.481 e. The Morgan fingerprint density at radius 1 is 1.00 bits per heavy atom. The van der Waals surface area contributed by atoms with Crippen LogP contribution < -0.4 is 0 Å². The van der Waals surface area contributed by atoms with Gasteiger partial charge in [0.25, 0.3) is 0 Å². The topological polar surface area (TPSA) is 81.1 Å². The van der Waals surface area contributed by atoms with Crippen LogP contribution in [0.2, 0.25) is 0 Å². The minimum atomic E-state index is -0.809. The molecule has 2 amide bonds. The molecule has 6 heteroatoms. The first kappa shape index (κ1) is 13.7. The molecule has 2 heterocycles. The molecule has 0 aromatic heterocycles. The van der Waals surface area contributed by atoms with Crippen LogP contribution in [0, 0.1) is 17.8 Å². The molecule has 0 aromatic rings. The van der Waals surface area contributed by atoms with Gasteiger partial charge in [-0.3, -0.25) is 4.79 Å². The average molecular weight is 282 g/mol. The maximum Gasteiger partial charge on any atom is 0.320 e. The zero-order chi connectivity index (χ0) is 14.3. The van der Waals surface area contributed by atoms with Crippen molar-refractivity contribution in [3.63, 3.8) is 0 Å². The quantitative estimate of drug-likeness (QED) is 0.738. The summed E-state index contributed by atoms with van der Waals surface area (Å²) in [6, 6.07) is -0.0439. The second-order valence-electron chi connectivity index (χ2n) is 6.38. The largest absolute Gasteiger partial charge is 0.481 e. The number of urea groups is 1. The maximum atomic E-state index is 12.5. The van der Waals surface area contributed by atoms with E-state index in [2.05, 4.69) is 0 Å². The lowest BCUT2D eigenvalue weighted by Gasteiger charge is -2.34. The van der Waals surface area contributed by atoms with Crippen molar-refractivity contribution < 1.29 is 19.8 Å². The van der Waals surface area contributed by atoms with Crippen molar-refractivity contribution in [1.29, 1.82) is 0 Å². The zero-order valence-corrected chi connectivity index (χ0v) is 11.6. The Morgan fingerprint density at radius 2 is 1.80 bits per heavy atom. The fourth-order valence-electron chi connectivity index (χ4n) is 3.95. The Hall–Kier alpha value is -1.30. The molecule has 2 aliphatic heterocycles. The van der Waals surface area contributed by atoms with E-state index >= 15 is 0 Å². The summed E-state index contributed by atoms with van der Waals surface area (Å²) in [5.41, 5.74) is 0. The van der Waals surface area contributed by atoms with E-state index in [1.165, 1.54) is 0 Å². The predicted molar refractivity (Wildman–Crippen MR) is 71.1 cm³/mol. The number of hydrogen-bond donors (Lipinski definition) is 2. The first-order valence-corrected chi connectivity index (χ1v) is 7.51. The number of carbonyl (C=O) groups is 2. The number of carboxylic acids is 1. The van der Waals surface area contributed by atoms with Crippen LogP contribution in [0.15, 0.2) is 0 Å². The summed E-state index contributed by atoms with van der Waals surface area (Å²) in [5, 5.41) is 19.0. The van der Waals surface area contributed by atoms with E-state index in [4.69, 9.17) is 5.11 Å². The van der Waals surface area contributed by atoms with Gasteiger partial charge in [0, 0.05) is 32.1 Å². The lowest BCUT2D eigenvalue weighted by molar-refractivity contribution is -0.143. The summed E-state index contributed by atoms with van der Waals surface area (Å²) >= 11 is 0. The number of aliphatic hydroxyl groups excluding tert-OH is 1. The van der Waals surface area contributed by atoms with E-state index in [9.17, 15) is 14.7 Å². The molecule has 0 aromatic carbocycles. The van der Waals surface area contributed by atoms with Crippen molar-refractivity contribution >= 4 is 12.0 Å². The van der Waals surface area contributed by atoms with Crippen molar-refractivity contribution in [3.8, 4) is 0 Å². The standard InChI is InChI=1S/C14H22N2O4/c17-12-4-3-9-6-16(8-11(9)12)14(20)15-5-1-2-10(7-15)13(18)19/h9-12,17H,1-8H2,(H,18,19)/t9?,10-,11?,12?/m0/s1. The van der Waals surface area contributed by atoms with Gasteiger partial charge in [0.05, 0.1) is 12.0 Å². The van der Waals surface area contributed by atoms with E-state index < -0.39 is 11.9 Å². The van der Waals surface area contributed by atoms with E-state index in [0.29, 0.717) is 32.0 Å². The van der Waals surface area contributed by atoms with Crippen LogP contribution in [-0.4, -0.2) is 64.3 Å². The van der Waals surface area contributed by atoms with Gasteiger partial charge in [0.15, 0.2) is 0 Å². The Morgan fingerprint density at radius 3 is 2.50 bits per heavy atom. The Bertz CT molecular complexity index is 414. The number of carboxylic acid groups (broad SMARTS) is 1. The van der Waals surface area contributed by atoms with Crippen LogP contribution in [0.3, 0.4) is 0 Å². The number of likely N-dealkylation sites (tertiary alicyclic amines) is 2. The second-order valence-corrected chi connectivity index (χ2v) is 6.38. The third-order valence-corrected chi connectivity index (χ3v) is 5.13. The van der Waals surface area contributed by atoms with Crippen LogP contribution in [0.1, 0.15) is 25.7 Å². The summed E-state index contributed by atoms with van der Waals surface area (Å²) in [6.45, 7) is 2.31. The van der Waals surface area contributed by atoms with E-state index in [0.717, 1.165) is 25.8 Å². The highest BCUT2D eigenvalue weighted by Gasteiger charge is 2.44. The summed E-state index contributed by atoms with van der Waals surface area (Å²) in [4.78, 5) is 27.0. The molecule has 1 saturated carbocycles. The lowest BCUT2D eigenvalue weighted by atomic mass is 9.99. The average Bonchev–Trinajstić information content (AvgIpc) is 3.01. The number of aliphatic hydroxyl groups is 1. The van der Waals surface area contributed by atoms with Crippen molar-refractivity contribution in [3.05, 3.63) is 0 Å². The summed E-state index contributed by atoms with van der Waals surface area (Å²) in [6.07, 6.45) is 2.98. The van der Waals surface area contributed by atoms with Crippen molar-refractivity contribution in [2.75, 3.05) is 26.2 Å². The van der Waals surface area contributed by atoms with Crippen LogP contribution in [0.5, 0.6) is 0 Å². The van der Waals surface area contributed by atoms with Gasteiger partial charge in [0.2, 0.25) is 0 Å². The van der Waals surface area contributed by atoms with Gasteiger partial charge in [0.1, 0.15) is 0 Å². The van der Waals surface area contributed by atoms with Crippen LogP contribution in [0.4, 0.5) is 4.79 Å². The van der Waals surface area contributed by atoms with Gasteiger partial charge in [-0.05, 0) is 31.6 Å². The molecule has 3 aliphatic rings. The van der Waals surface area contributed by atoms with Gasteiger partial charge < -0.3 is 20.0 Å². The van der Waals surface area contributed by atoms with Crippen molar-refractivity contribution in [2.24, 2.45) is 17.8 Å². The fourth-order valence-corrected chi connectivity index (χ4v) is 3.95. The van der Waals surface area contributed by atoms with E-state index in [1.807, 2.05) is 4.90 Å². The first-order chi connectivity index (χ1) is 9.56. The number of rotatable bonds is 1. The third-order valence-electron chi connectivity index (χ3n) is 5.13. The highest BCUT2D eigenvalue weighted by Crippen LogP contribution is 2.38. The molecule has 3 fully saturated rings. The smallest absolute Gasteiger partial charge is 0.320 e. The molecular weight excluding hydrogens is 260 g/mol. The van der Waals surface area contributed by atoms with Crippen molar-refractivity contribution in [2.45, 2.75) is 31.8 Å². The van der Waals surface area contributed by atoms with Crippen molar-refractivity contribution in [1.82, 2.24) is 9.80 Å². The second kappa shape index (κ2) is 5.24. The molecule has 0 bridgehead atoms. The Labute approximate surface area is 118 Å².